The van der Waals surface area contributed by atoms with Crippen LogP contribution in [0, 0.1) is 6.92 Å². The normalized spacial score (nSPS) is 14.8. The SMILES string of the molecule is CC(=O)c1cnc(OC2CN(C(C)=O)C2)c2cnc(C)cc12. The molecule has 1 aliphatic rings. The van der Waals surface area contributed by atoms with Crippen LogP contribution in [0.3, 0.4) is 0 Å². The summed E-state index contributed by atoms with van der Waals surface area (Å²) in [5, 5.41) is 1.52. The maximum absolute atomic E-state index is 11.7. The summed E-state index contributed by atoms with van der Waals surface area (Å²) in [6.07, 6.45) is 3.16. The van der Waals surface area contributed by atoms with Gasteiger partial charge in [-0.25, -0.2) is 4.98 Å². The molecule has 0 aliphatic carbocycles. The van der Waals surface area contributed by atoms with Gasteiger partial charge in [-0.05, 0) is 19.9 Å². The molecule has 0 unspecified atom stereocenters. The Balaban J connectivity index is 1.93. The van der Waals surface area contributed by atoms with E-state index in [1.54, 1.807) is 17.3 Å². The quantitative estimate of drug-likeness (QED) is 0.807. The summed E-state index contributed by atoms with van der Waals surface area (Å²) in [6, 6.07) is 1.86. The minimum Gasteiger partial charge on any atom is -0.470 e. The van der Waals surface area contributed by atoms with E-state index in [2.05, 4.69) is 9.97 Å². The Labute approximate surface area is 128 Å². The van der Waals surface area contributed by atoms with Crippen molar-refractivity contribution >= 4 is 22.5 Å². The molecular weight excluding hydrogens is 282 g/mol. The third-order valence-electron chi connectivity index (χ3n) is 3.82. The summed E-state index contributed by atoms with van der Waals surface area (Å²) in [5.74, 6) is 0.462. The second kappa shape index (κ2) is 5.36. The van der Waals surface area contributed by atoms with Crippen LogP contribution >= 0.6 is 0 Å². The van der Waals surface area contributed by atoms with Crippen LogP contribution in [-0.4, -0.2) is 45.8 Å². The molecule has 0 bridgehead atoms. The highest BCUT2D eigenvalue weighted by molar-refractivity contribution is 6.07. The van der Waals surface area contributed by atoms with Crippen molar-refractivity contribution < 1.29 is 14.3 Å². The molecule has 1 aliphatic heterocycles. The first kappa shape index (κ1) is 14.4. The largest absolute Gasteiger partial charge is 0.470 e. The highest BCUT2D eigenvalue weighted by atomic mass is 16.5. The van der Waals surface area contributed by atoms with Gasteiger partial charge in [-0.2, -0.15) is 0 Å². The second-order valence-electron chi connectivity index (χ2n) is 5.57. The van der Waals surface area contributed by atoms with Gasteiger partial charge in [-0.15, -0.1) is 0 Å². The second-order valence-corrected chi connectivity index (χ2v) is 5.57. The summed E-state index contributed by atoms with van der Waals surface area (Å²) in [5.41, 5.74) is 1.39. The number of rotatable bonds is 3. The Morgan fingerprint density at radius 1 is 1.18 bits per heavy atom. The smallest absolute Gasteiger partial charge is 0.223 e. The number of carbonyl (C=O) groups is 2. The zero-order chi connectivity index (χ0) is 15.9. The zero-order valence-corrected chi connectivity index (χ0v) is 12.8. The molecule has 6 heteroatoms. The van der Waals surface area contributed by atoms with Gasteiger partial charge in [-0.3, -0.25) is 14.6 Å². The molecule has 0 saturated carbocycles. The molecule has 114 valence electrons. The monoisotopic (exact) mass is 299 g/mol. The van der Waals surface area contributed by atoms with E-state index in [1.807, 2.05) is 13.0 Å². The highest BCUT2D eigenvalue weighted by Gasteiger charge is 2.31. The van der Waals surface area contributed by atoms with Crippen molar-refractivity contribution in [2.45, 2.75) is 26.9 Å². The molecule has 0 N–H and O–H groups in total. The third kappa shape index (κ3) is 2.52. The van der Waals surface area contributed by atoms with Gasteiger partial charge in [0.05, 0.1) is 18.5 Å². The van der Waals surface area contributed by atoms with E-state index in [9.17, 15) is 9.59 Å². The molecule has 2 aromatic rings. The van der Waals surface area contributed by atoms with E-state index < -0.39 is 0 Å². The molecule has 1 amide bonds. The number of amides is 1. The summed E-state index contributed by atoms with van der Waals surface area (Å²) >= 11 is 0. The van der Waals surface area contributed by atoms with Crippen molar-refractivity contribution in [3.8, 4) is 5.88 Å². The standard InChI is InChI=1S/C16H17N3O3/c1-9-4-13-14(10(2)20)5-18-16(15(13)6-17-9)22-12-7-19(8-12)11(3)21/h4-6,12H,7-8H2,1-3H3. The van der Waals surface area contributed by atoms with Gasteiger partial charge in [0.2, 0.25) is 11.8 Å². The summed E-state index contributed by atoms with van der Waals surface area (Å²) in [7, 11) is 0. The van der Waals surface area contributed by atoms with E-state index in [0.717, 1.165) is 16.5 Å². The van der Waals surface area contributed by atoms with Crippen LogP contribution in [0.5, 0.6) is 5.88 Å². The Morgan fingerprint density at radius 2 is 1.91 bits per heavy atom. The number of ketones is 1. The number of Topliss-reactive ketones (excluding diaryl/α,β-unsaturated/α-hetero) is 1. The van der Waals surface area contributed by atoms with Gasteiger partial charge in [0.1, 0.15) is 6.10 Å². The van der Waals surface area contributed by atoms with Gasteiger partial charge >= 0.3 is 0 Å². The highest BCUT2D eigenvalue weighted by Crippen LogP contribution is 2.28. The molecule has 0 spiro atoms. The molecule has 1 saturated heterocycles. The lowest BCUT2D eigenvalue weighted by atomic mass is 10.1. The Bertz CT molecular complexity index is 767. The third-order valence-corrected chi connectivity index (χ3v) is 3.82. The predicted octanol–water partition coefficient (Wildman–Crippen LogP) is 1.75. The number of pyridine rings is 2. The number of fused-ring (bicyclic) bond motifs is 1. The van der Waals surface area contributed by atoms with E-state index in [-0.39, 0.29) is 17.8 Å². The minimum absolute atomic E-state index is 0.0407. The van der Waals surface area contributed by atoms with Crippen molar-refractivity contribution in [1.82, 2.24) is 14.9 Å². The van der Waals surface area contributed by atoms with Crippen LogP contribution in [0.15, 0.2) is 18.5 Å². The van der Waals surface area contributed by atoms with Crippen LogP contribution in [0.2, 0.25) is 0 Å². The zero-order valence-electron chi connectivity index (χ0n) is 12.8. The Kier molecular flexibility index (Phi) is 3.52. The summed E-state index contributed by atoms with van der Waals surface area (Å²) < 4.78 is 5.86. The average Bonchev–Trinajstić information content (AvgIpc) is 2.40. The maximum atomic E-state index is 11.7. The van der Waals surface area contributed by atoms with Crippen LogP contribution in [-0.2, 0) is 4.79 Å². The molecule has 2 aromatic heterocycles. The number of hydrogen-bond acceptors (Lipinski definition) is 5. The van der Waals surface area contributed by atoms with E-state index in [4.69, 9.17) is 4.74 Å². The molecule has 0 aromatic carbocycles. The first-order valence-corrected chi connectivity index (χ1v) is 7.14. The van der Waals surface area contributed by atoms with Crippen molar-refractivity contribution in [3.05, 3.63) is 29.7 Å². The number of aromatic nitrogens is 2. The van der Waals surface area contributed by atoms with Crippen molar-refractivity contribution in [2.75, 3.05) is 13.1 Å². The predicted molar refractivity (Wildman–Crippen MR) is 80.9 cm³/mol. The lowest BCUT2D eigenvalue weighted by molar-refractivity contribution is -0.137. The number of hydrogen-bond donors (Lipinski definition) is 0. The fraction of sp³-hybridized carbons (Fsp3) is 0.375. The average molecular weight is 299 g/mol. The van der Waals surface area contributed by atoms with Gasteiger partial charge in [0.25, 0.3) is 0 Å². The van der Waals surface area contributed by atoms with Crippen LogP contribution in [0.1, 0.15) is 29.9 Å². The molecular formula is C16H17N3O3. The van der Waals surface area contributed by atoms with Gasteiger partial charge in [0, 0.05) is 36.0 Å². The van der Waals surface area contributed by atoms with E-state index in [1.165, 1.54) is 13.8 Å². The lowest BCUT2D eigenvalue weighted by Gasteiger charge is -2.38. The maximum Gasteiger partial charge on any atom is 0.223 e. The number of likely N-dealkylation sites (tertiary alicyclic amines) is 1. The van der Waals surface area contributed by atoms with Gasteiger partial charge in [-0.1, -0.05) is 0 Å². The first-order valence-electron chi connectivity index (χ1n) is 7.14. The molecule has 22 heavy (non-hydrogen) atoms. The fourth-order valence-electron chi connectivity index (χ4n) is 2.52. The van der Waals surface area contributed by atoms with Gasteiger partial charge < -0.3 is 9.64 Å². The van der Waals surface area contributed by atoms with Crippen LogP contribution < -0.4 is 4.74 Å². The Hall–Kier alpha value is -2.50. The van der Waals surface area contributed by atoms with Crippen LogP contribution in [0.25, 0.3) is 10.8 Å². The topological polar surface area (TPSA) is 72.4 Å². The molecule has 6 nitrogen and oxygen atoms in total. The first-order chi connectivity index (χ1) is 10.5. The van der Waals surface area contributed by atoms with Crippen LogP contribution in [0.4, 0.5) is 0 Å². The lowest BCUT2D eigenvalue weighted by Crippen LogP contribution is -2.55. The molecule has 3 rings (SSSR count). The molecule has 0 atom stereocenters. The van der Waals surface area contributed by atoms with Crippen molar-refractivity contribution in [1.29, 1.82) is 0 Å². The Morgan fingerprint density at radius 3 is 2.55 bits per heavy atom. The molecule has 0 radical (unpaired) electrons. The number of aryl methyl sites for hydroxylation is 1. The van der Waals surface area contributed by atoms with Crippen molar-refractivity contribution in [3.63, 3.8) is 0 Å². The molecule has 3 heterocycles. The number of ether oxygens (including phenoxy) is 1. The number of nitrogens with zero attached hydrogens (tertiary/aromatic N) is 3. The van der Waals surface area contributed by atoms with E-state index in [0.29, 0.717) is 24.5 Å². The summed E-state index contributed by atoms with van der Waals surface area (Å²) in [6.45, 7) is 6.06. The summed E-state index contributed by atoms with van der Waals surface area (Å²) in [4.78, 5) is 33.2. The fourth-order valence-corrected chi connectivity index (χ4v) is 2.52. The molecule has 1 fully saturated rings. The van der Waals surface area contributed by atoms with E-state index >= 15 is 0 Å². The van der Waals surface area contributed by atoms with Crippen molar-refractivity contribution in [2.24, 2.45) is 0 Å². The number of carbonyl (C=O) groups excluding carboxylic acids is 2. The minimum atomic E-state index is -0.0657. The van der Waals surface area contributed by atoms with Gasteiger partial charge in [0.15, 0.2) is 5.78 Å².